The third-order valence-corrected chi connectivity index (χ3v) is 6.13. The first kappa shape index (κ1) is 22.6. The van der Waals surface area contributed by atoms with Gasteiger partial charge in [0.05, 0.1) is 11.5 Å². The molecule has 0 bridgehead atoms. The quantitative estimate of drug-likeness (QED) is 0.300. The summed E-state index contributed by atoms with van der Waals surface area (Å²) >= 11 is 0. The number of hydrogen-bond donors (Lipinski definition) is 5. The van der Waals surface area contributed by atoms with E-state index in [0.717, 1.165) is 45.2 Å². The Bertz CT molecular complexity index is 739. The van der Waals surface area contributed by atoms with Crippen LogP contribution in [0.4, 0.5) is 0 Å². The number of nitrogens with one attached hydrogen (secondary N) is 3. The molecule has 164 valence electrons. The minimum absolute atomic E-state index is 0.0207. The number of hydrogen-bond acceptors (Lipinski definition) is 6. The number of likely N-dealkylation sites (N-methyl/N-ethyl adjacent to an activating group) is 1. The maximum absolute atomic E-state index is 12.4. The molecule has 1 aromatic carbocycles. The second kappa shape index (κ2) is 10.8. The summed E-state index contributed by atoms with van der Waals surface area (Å²) in [5.41, 5.74) is 0.696. The summed E-state index contributed by atoms with van der Waals surface area (Å²) in [5, 5.41) is 29.1. The van der Waals surface area contributed by atoms with Crippen molar-refractivity contribution in [3.63, 3.8) is 0 Å². The number of benzene rings is 1. The number of rotatable bonds is 9. The van der Waals surface area contributed by atoms with Crippen molar-refractivity contribution >= 4 is 19.0 Å². The molecule has 1 fully saturated rings. The number of carboxylic acid groups (broad SMARTS) is 1. The van der Waals surface area contributed by atoms with E-state index >= 15 is 0 Å². The fourth-order valence-electron chi connectivity index (χ4n) is 4.39. The molecule has 5 N–H and O–H groups in total. The van der Waals surface area contributed by atoms with Gasteiger partial charge in [0.2, 0.25) is 5.91 Å². The molecule has 1 heterocycles. The van der Waals surface area contributed by atoms with E-state index in [2.05, 4.69) is 16.0 Å². The summed E-state index contributed by atoms with van der Waals surface area (Å²) in [6.07, 6.45) is 6.16. The zero-order valence-corrected chi connectivity index (χ0v) is 17.5. The Morgan fingerprint density at radius 3 is 2.67 bits per heavy atom. The van der Waals surface area contributed by atoms with Crippen LogP contribution in [-0.2, 0) is 11.2 Å². The zero-order valence-electron chi connectivity index (χ0n) is 17.5. The van der Waals surface area contributed by atoms with Gasteiger partial charge in [0, 0.05) is 25.6 Å². The molecule has 2 aliphatic rings. The summed E-state index contributed by atoms with van der Waals surface area (Å²) in [6, 6.07) is 5.42. The van der Waals surface area contributed by atoms with Crippen molar-refractivity contribution < 1.29 is 24.4 Å². The predicted molar refractivity (Wildman–Crippen MR) is 115 cm³/mol. The Morgan fingerprint density at radius 2 is 1.97 bits per heavy atom. The zero-order chi connectivity index (χ0) is 21.5. The molecule has 3 rings (SSSR count). The van der Waals surface area contributed by atoms with Crippen LogP contribution >= 0.6 is 0 Å². The molecule has 1 aromatic rings. The van der Waals surface area contributed by atoms with Crippen LogP contribution in [0.25, 0.3) is 0 Å². The normalized spacial score (nSPS) is 23.4. The number of carbonyl (C=O) groups is 2. The number of fused-ring (bicyclic) bond motifs is 1. The summed E-state index contributed by atoms with van der Waals surface area (Å²) in [5.74, 6) is -1.04. The van der Waals surface area contributed by atoms with E-state index < -0.39 is 19.0 Å². The van der Waals surface area contributed by atoms with Gasteiger partial charge in [-0.2, -0.15) is 0 Å². The average molecular weight is 417 g/mol. The third kappa shape index (κ3) is 5.96. The molecular formula is C21H32BN3O5. The van der Waals surface area contributed by atoms with Crippen molar-refractivity contribution in [2.45, 2.75) is 56.9 Å². The van der Waals surface area contributed by atoms with Crippen LogP contribution in [0.2, 0.25) is 0 Å². The summed E-state index contributed by atoms with van der Waals surface area (Å²) in [7, 11) is 0.690. The lowest BCUT2D eigenvalue weighted by Gasteiger charge is -2.30. The lowest BCUT2D eigenvalue weighted by atomic mass is 9.72. The summed E-state index contributed by atoms with van der Waals surface area (Å²) < 4.78 is 5.43. The Labute approximate surface area is 177 Å². The van der Waals surface area contributed by atoms with E-state index in [1.54, 1.807) is 12.1 Å². The van der Waals surface area contributed by atoms with Gasteiger partial charge in [0.15, 0.2) is 0 Å². The average Bonchev–Trinajstić information content (AvgIpc) is 2.73. The van der Waals surface area contributed by atoms with Crippen molar-refractivity contribution in [2.75, 3.05) is 20.1 Å². The van der Waals surface area contributed by atoms with E-state index in [4.69, 9.17) is 4.65 Å². The maximum atomic E-state index is 12.4. The highest BCUT2D eigenvalue weighted by Crippen LogP contribution is 2.30. The molecule has 9 heteroatoms. The lowest BCUT2D eigenvalue weighted by molar-refractivity contribution is -0.121. The fraction of sp³-hybridized carbons (Fsp3) is 0.619. The molecule has 0 spiro atoms. The van der Waals surface area contributed by atoms with E-state index in [9.17, 15) is 19.7 Å². The molecule has 1 saturated carbocycles. The Morgan fingerprint density at radius 1 is 1.20 bits per heavy atom. The first-order chi connectivity index (χ1) is 14.5. The van der Waals surface area contributed by atoms with Crippen molar-refractivity contribution in [1.82, 2.24) is 16.0 Å². The third-order valence-electron chi connectivity index (χ3n) is 6.13. The van der Waals surface area contributed by atoms with Crippen molar-refractivity contribution in [1.29, 1.82) is 0 Å². The van der Waals surface area contributed by atoms with Crippen LogP contribution in [0.1, 0.15) is 54.4 Å². The number of para-hydroxylation sites is 1. The van der Waals surface area contributed by atoms with Crippen molar-refractivity contribution in [3.8, 4) is 5.75 Å². The van der Waals surface area contributed by atoms with Gasteiger partial charge in [-0.1, -0.05) is 12.1 Å². The van der Waals surface area contributed by atoms with Crippen molar-refractivity contribution in [2.24, 2.45) is 5.92 Å². The lowest BCUT2D eigenvalue weighted by Crippen LogP contribution is -2.53. The number of amides is 1. The van der Waals surface area contributed by atoms with E-state index in [1.807, 2.05) is 7.05 Å². The molecule has 1 aliphatic carbocycles. The topological polar surface area (TPSA) is 120 Å². The fourth-order valence-corrected chi connectivity index (χ4v) is 4.39. The van der Waals surface area contributed by atoms with Crippen LogP contribution in [-0.4, -0.2) is 61.2 Å². The maximum Gasteiger partial charge on any atom is 0.547 e. The Kier molecular flexibility index (Phi) is 8.12. The molecule has 0 radical (unpaired) electrons. The molecule has 8 nitrogen and oxygen atoms in total. The summed E-state index contributed by atoms with van der Waals surface area (Å²) in [4.78, 5) is 23.8. The highest BCUT2D eigenvalue weighted by molar-refractivity contribution is 6.47. The Balaban J connectivity index is 1.43. The van der Waals surface area contributed by atoms with Crippen LogP contribution < -0.4 is 20.6 Å². The van der Waals surface area contributed by atoms with Gasteiger partial charge in [0.1, 0.15) is 5.75 Å². The predicted octanol–water partition coefficient (Wildman–Crippen LogP) is 0.972. The van der Waals surface area contributed by atoms with Gasteiger partial charge in [0.25, 0.3) is 0 Å². The van der Waals surface area contributed by atoms with Gasteiger partial charge in [-0.25, -0.2) is 4.79 Å². The van der Waals surface area contributed by atoms with Gasteiger partial charge in [-0.15, -0.1) is 0 Å². The largest absolute Gasteiger partial charge is 0.547 e. The molecule has 1 amide bonds. The van der Waals surface area contributed by atoms with Gasteiger partial charge >= 0.3 is 13.1 Å². The first-order valence-corrected chi connectivity index (χ1v) is 10.8. The van der Waals surface area contributed by atoms with Gasteiger partial charge in [-0.05, 0) is 63.1 Å². The Hall–Kier alpha value is -2.10. The molecule has 1 aliphatic heterocycles. The van der Waals surface area contributed by atoms with Crippen LogP contribution in [0.5, 0.6) is 5.75 Å². The van der Waals surface area contributed by atoms with Crippen molar-refractivity contribution in [3.05, 3.63) is 29.3 Å². The molecular weight excluding hydrogens is 385 g/mol. The monoisotopic (exact) mass is 417 g/mol. The van der Waals surface area contributed by atoms with Crippen LogP contribution in [0.15, 0.2) is 18.2 Å². The van der Waals surface area contributed by atoms with Crippen LogP contribution in [0, 0.1) is 5.92 Å². The van der Waals surface area contributed by atoms with Gasteiger partial charge < -0.3 is 30.7 Å². The van der Waals surface area contributed by atoms with E-state index in [-0.39, 0.29) is 17.2 Å². The number of aromatic carboxylic acids is 1. The van der Waals surface area contributed by atoms with Gasteiger partial charge in [-0.3, -0.25) is 4.79 Å². The first-order valence-electron chi connectivity index (χ1n) is 10.8. The minimum Gasteiger partial charge on any atom is -0.534 e. The second-order valence-electron chi connectivity index (χ2n) is 8.30. The SMILES string of the molecule is CNCCNC1CCC(CCC(=O)N[C@H]2Cc3cccc(C(=O)O)c3OB2O)CC1. The molecule has 30 heavy (non-hydrogen) atoms. The smallest absolute Gasteiger partial charge is 0.534 e. The van der Waals surface area contributed by atoms with E-state index in [1.165, 1.54) is 6.07 Å². The second-order valence-corrected chi connectivity index (χ2v) is 8.30. The minimum atomic E-state index is -1.26. The van der Waals surface area contributed by atoms with Crippen LogP contribution in [0.3, 0.4) is 0 Å². The molecule has 0 unspecified atom stereocenters. The number of carbonyl (C=O) groups excluding carboxylic acids is 1. The highest BCUT2D eigenvalue weighted by Gasteiger charge is 2.37. The number of carboxylic acids is 1. The molecule has 0 aromatic heterocycles. The highest BCUT2D eigenvalue weighted by atomic mass is 16.5. The standard InChI is InChI=1S/C21H32BN3O5/c1-23-11-12-24-16-8-5-14(6-9-16)7-10-19(26)25-18-13-15-3-2-4-17(21(27)28)20(15)30-22(18)29/h2-4,14,16,18,23-24,29H,5-13H2,1H3,(H,25,26)(H,27,28)/t14?,16?,18-/m0/s1. The molecule has 0 saturated heterocycles. The summed E-state index contributed by atoms with van der Waals surface area (Å²) in [6.45, 7) is 1.95. The molecule has 1 atom stereocenters. The van der Waals surface area contributed by atoms with E-state index in [0.29, 0.717) is 30.4 Å².